The van der Waals surface area contributed by atoms with E-state index in [2.05, 4.69) is 26.3 Å². The molecule has 3 amide bonds. The van der Waals surface area contributed by atoms with E-state index in [-0.39, 0.29) is 30.7 Å². The van der Waals surface area contributed by atoms with Gasteiger partial charge in [-0.25, -0.2) is 4.68 Å². The number of nitrogens with one attached hydrogen (secondary N) is 1. The minimum absolute atomic E-state index is 0.0903. The lowest BCUT2D eigenvalue weighted by molar-refractivity contribution is -0.121. The Morgan fingerprint density at radius 2 is 1.81 bits per heavy atom. The van der Waals surface area contributed by atoms with E-state index >= 15 is 0 Å². The lowest BCUT2D eigenvalue weighted by atomic mass is 10.1. The highest BCUT2D eigenvalue weighted by molar-refractivity contribution is 9.10. The number of amides is 3. The van der Waals surface area contributed by atoms with Crippen molar-refractivity contribution in [1.29, 1.82) is 0 Å². The maximum absolute atomic E-state index is 12.4. The zero-order valence-electron chi connectivity index (χ0n) is 16.8. The molecule has 0 atom stereocenters. The first-order valence-electron chi connectivity index (χ1n) is 10.0. The van der Waals surface area contributed by atoms with Crippen LogP contribution >= 0.6 is 15.9 Å². The number of halogens is 1. The summed E-state index contributed by atoms with van der Waals surface area (Å²) in [7, 11) is 0. The predicted molar refractivity (Wildman–Crippen MR) is 119 cm³/mol. The topological polar surface area (TPSA) is 84.3 Å². The first-order chi connectivity index (χ1) is 15.0. The minimum atomic E-state index is -0.305. The van der Waals surface area contributed by atoms with E-state index in [0.717, 1.165) is 22.1 Å². The molecule has 158 valence electrons. The van der Waals surface area contributed by atoms with Crippen molar-refractivity contribution >= 4 is 33.7 Å². The fourth-order valence-corrected chi connectivity index (χ4v) is 3.90. The molecule has 0 saturated heterocycles. The summed E-state index contributed by atoms with van der Waals surface area (Å²) in [5, 5.41) is 7.09. The molecule has 1 aliphatic rings. The van der Waals surface area contributed by atoms with Gasteiger partial charge in [0.25, 0.3) is 11.8 Å². The summed E-state index contributed by atoms with van der Waals surface area (Å²) >= 11 is 3.32. The molecule has 1 aromatic heterocycles. The first-order valence-corrected chi connectivity index (χ1v) is 10.8. The smallest absolute Gasteiger partial charge is 0.261 e. The Bertz CT molecular complexity index is 1110. The SMILES string of the molecule is O=C(CCCN1C(=O)c2ccc(Br)cc2C1=O)NCCc1ccc(-n2cccn2)cc1. The summed E-state index contributed by atoms with van der Waals surface area (Å²) in [6.07, 6.45) is 5.03. The zero-order valence-corrected chi connectivity index (χ0v) is 18.3. The van der Waals surface area contributed by atoms with Gasteiger partial charge in [0.15, 0.2) is 0 Å². The second-order valence-corrected chi connectivity index (χ2v) is 8.19. The van der Waals surface area contributed by atoms with Crippen molar-refractivity contribution in [1.82, 2.24) is 20.0 Å². The van der Waals surface area contributed by atoms with E-state index in [1.807, 2.05) is 36.5 Å². The van der Waals surface area contributed by atoms with Gasteiger partial charge in [-0.05, 0) is 54.8 Å². The lowest BCUT2D eigenvalue weighted by Crippen LogP contribution is -2.32. The van der Waals surface area contributed by atoms with Crippen molar-refractivity contribution in [3.8, 4) is 5.69 Å². The van der Waals surface area contributed by atoms with Crippen LogP contribution in [0.2, 0.25) is 0 Å². The predicted octanol–water partition coefficient (Wildman–Crippen LogP) is 3.37. The maximum atomic E-state index is 12.4. The van der Waals surface area contributed by atoms with E-state index in [1.165, 1.54) is 4.90 Å². The maximum Gasteiger partial charge on any atom is 0.261 e. The van der Waals surface area contributed by atoms with Gasteiger partial charge in [-0.1, -0.05) is 28.1 Å². The van der Waals surface area contributed by atoms with Crippen LogP contribution in [0.3, 0.4) is 0 Å². The first kappa shape index (κ1) is 21.0. The summed E-state index contributed by atoms with van der Waals surface area (Å²) < 4.78 is 2.54. The molecule has 0 spiro atoms. The van der Waals surface area contributed by atoms with Crippen LogP contribution in [-0.2, 0) is 11.2 Å². The Hall–Kier alpha value is -3.26. The Morgan fingerprint density at radius 1 is 1.03 bits per heavy atom. The number of aromatic nitrogens is 2. The van der Waals surface area contributed by atoms with Crippen LogP contribution in [-0.4, -0.2) is 45.5 Å². The highest BCUT2D eigenvalue weighted by Crippen LogP contribution is 2.26. The molecule has 1 aliphatic heterocycles. The number of hydrogen-bond donors (Lipinski definition) is 1. The molecule has 4 rings (SSSR count). The summed E-state index contributed by atoms with van der Waals surface area (Å²) in [4.78, 5) is 38.2. The molecule has 1 N–H and O–H groups in total. The molecular weight excluding hydrogens is 460 g/mol. The fourth-order valence-electron chi connectivity index (χ4n) is 3.54. The normalized spacial score (nSPS) is 12.9. The molecule has 0 fully saturated rings. The molecule has 2 aromatic carbocycles. The van der Waals surface area contributed by atoms with Crippen molar-refractivity contribution in [2.45, 2.75) is 19.3 Å². The van der Waals surface area contributed by atoms with Crippen molar-refractivity contribution in [2.24, 2.45) is 0 Å². The second-order valence-electron chi connectivity index (χ2n) is 7.27. The van der Waals surface area contributed by atoms with Crippen LogP contribution in [0.15, 0.2) is 65.4 Å². The van der Waals surface area contributed by atoms with Crippen molar-refractivity contribution in [2.75, 3.05) is 13.1 Å². The number of carbonyl (C=O) groups excluding carboxylic acids is 3. The standard InChI is InChI=1S/C23H21BrN4O3/c24-17-6-9-19-20(15-17)23(31)27(22(19)30)13-1-3-21(29)25-12-10-16-4-7-18(8-5-16)28-14-2-11-26-28/h2,4-9,11,14-15H,1,3,10,12-13H2,(H,25,29). The Balaban J connectivity index is 1.19. The quantitative estimate of drug-likeness (QED) is 0.500. The van der Waals surface area contributed by atoms with Crippen LogP contribution in [0.4, 0.5) is 0 Å². The van der Waals surface area contributed by atoms with Gasteiger partial charge in [-0.2, -0.15) is 5.10 Å². The van der Waals surface area contributed by atoms with Crippen molar-refractivity contribution < 1.29 is 14.4 Å². The molecule has 7 nitrogen and oxygen atoms in total. The van der Waals surface area contributed by atoms with Gasteiger partial charge in [0.1, 0.15) is 0 Å². The molecule has 31 heavy (non-hydrogen) atoms. The molecule has 8 heteroatoms. The monoisotopic (exact) mass is 480 g/mol. The van der Waals surface area contributed by atoms with E-state index in [4.69, 9.17) is 0 Å². The minimum Gasteiger partial charge on any atom is -0.356 e. The third-order valence-electron chi connectivity index (χ3n) is 5.16. The number of benzene rings is 2. The number of carbonyl (C=O) groups is 3. The van der Waals surface area contributed by atoms with Gasteiger partial charge in [0.05, 0.1) is 16.8 Å². The van der Waals surface area contributed by atoms with Gasteiger partial charge in [-0.3, -0.25) is 19.3 Å². The number of imide groups is 1. The number of hydrogen-bond acceptors (Lipinski definition) is 4. The van der Waals surface area contributed by atoms with E-state index < -0.39 is 0 Å². The largest absolute Gasteiger partial charge is 0.356 e. The van der Waals surface area contributed by atoms with Crippen molar-refractivity contribution in [3.05, 3.63) is 82.1 Å². The third kappa shape index (κ3) is 4.74. The molecule has 0 unspecified atom stereocenters. The molecule has 0 saturated carbocycles. The van der Waals surface area contributed by atoms with Gasteiger partial charge in [0.2, 0.25) is 5.91 Å². The highest BCUT2D eigenvalue weighted by atomic mass is 79.9. The van der Waals surface area contributed by atoms with Gasteiger partial charge < -0.3 is 5.32 Å². The van der Waals surface area contributed by atoms with Crippen LogP contribution in [0.25, 0.3) is 5.69 Å². The molecule has 3 aromatic rings. The van der Waals surface area contributed by atoms with E-state index in [9.17, 15) is 14.4 Å². The highest BCUT2D eigenvalue weighted by Gasteiger charge is 2.35. The number of rotatable bonds is 8. The summed E-state index contributed by atoms with van der Waals surface area (Å²) in [6, 6.07) is 14.9. The average Bonchev–Trinajstić information content (AvgIpc) is 3.38. The zero-order chi connectivity index (χ0) is 21.8. The summed E-state index contributed by atoms with van der Waals surface area (Å²) in [5.74, 6) is -0.695. The second kappa shape index (κ2) is 9.26. The Kier molecular flexibility index (Phi) is 6.27. The summed E-state index contributed by atoms with van der Waals surface area (Å²) in [5.41, 5.74) is 2.92. The van der Waals surface area contributed by atoms with Crippen LogP contribution in [0.5, 0.6) is 0 Å². The van der Waals surface area contributed by atoms with Gasteiger partial charge >= 0.3 is 0 Å². The average molecular weight is 481 g/mol. The number of nitrogens with zero attached hydrogens (tertiary/aromatic N) is 3. The Labute approximate surface area is 188 Å². The molecule has 0 radical (unpaired) electrons. The number of fused-ring (bicyclic) bond motifs is 1. The lowest BCUT2D eigenvalue weighted by Gasteiger charge is -2.13. The fraction of sp³-hybridized carbons (Fsp3) is 0.217. The van der Waals surface area contributed by atoms with Crippen LogP contribution < -0.4 is 5.32 Å². The molecule has 0 aliphatic carbocycles. The molecule has 0 bridgehead atoms. The van der Waals surface area contributed by atoms with Crippen LogP contribution in [0, 0.1) is 0 Å². The third-order valence-corrected chi connectivity index (χ3v) is 5.65. The Morgan fingerprint density at radius 3 is 2.55 bits per heavy atom. The van der Waals surface area contributed by atoms with E-state index in [0.29, 0.717) is 24.1 Å². The van der Waals surface area contributed by atoms with Gasteiger partial charge in [-0.15, -0.1) is 0 Å². The van der Waals surface area contributed by atoms with E-state index in [1.54, 1.807) is 29.1 Å². The molecule has 2 heterocycles. The van der Waals surface area contributed by atoms with Crippen molar-refractivity contribution in [3.63, 3.8) is 0 Å². The van der Waals surface area contributed by atoms with Crippen LogP contribution in [0.1, 0.15) is 39.1 Å². The van der Waals surface area contributed by atoms with Gasteiger partial charge in [0, 0.05) is 36.4 Å². The summed E-state index contributed by atoms with van der Waals surface area (Å²) in [6.45, 7) is 0.757. The molecular formula is C23H21BrN4O3.